The molecule has 2 heterocycles. The van der Waals surface area contributed by atoms with Gasteiger partial charge in [0.25, 0.3) is 11.4 Å². The van der Waals surface area contributed by atoms with E-state index in [2.05, 4.69) is 4.98 Å². The quantitative estimate of drug-likeness (QED) is 0.117. The highest BCUT2D eigenvalue weighted by atomic mass is 32.2. The maximum Gasteiger partial charge on any atom is 0.416 e. The molecule has 7 nitrogen and oxygen atoms in total. The second kappa shape index (κ2) is 12.6. The van der Waals surface area contributed by atoms with Crippen molar-refractivity contribution in [1.29, 1.82) is 0 Å². The van der Waals surface area contributed by atoms with E-state index >= 15 is 8.78 Å². The number of benzene rings is 3. The standard InChI is InChI=1S/C32H25F5N4O3S2/c1-44-46(38)28-11-4-18(13-25(28)34)12-23-27(14-17-2-3-17)41(31-39-26(16-45-31)30(42)43)40-29(23)20-7-10-24(33)22(15-20)19-5-8-21(9-6-19)32(35,36)37/h4-11,13,15-17H,2-3,12,14,38H2,1H3/p+1. The Labute approximate surface area is 267 Å². The molecule has 238 valence electrons. The lowest BCUT2D eigenvalue weighted by atomic mass is 9.94. The van der Waals surface area contributed by atoms with Crippen molar-refractivity contribution in [2.24, 2.45) is 11.1 Å². The zero-order chi connectivity index (χ0) is 32.7. The number of carboxylic acid groups (broad SMARTS) is 1. The van der Waals surface area contributed by atoms with Crippen molar-refractivity contribution in [3.63, 3.8) is 0 Å². The van der Waals surface area contributed by atoms with Crippen LogP contribution in [-0.2, 0) is 34.6 Å². The van der Waals surface area contributed by atoms with Gasteiger partial charge >= 0.3 is 12.1 Å². The Kier molecular flexibility index (Phi) is 8.72. The normalized spacial score (nSPS) is 14.1. The zero-order valence-electron chi connectivity index (χ0n) is 24.1. The molecular weight excluding hydrogens is 648 g/mol. The Balaban J connectivity index is 1.50. The van der Waals surface area contributed by atoms with E-state index in [1.165, 1.54) is 48.9 Å². The molecule has 1 aliphatic rings. The molecule has 46 heavy (non-hydrogen) atoms. The highest BCUT2D eigenvalue weighted by molar-refractivity contribution is 7.90. The summed E-state index contributed by atoms with van der Waals surface area (Å²) in [6, 6.07) is 13.1. The van der Waals surface area contributed by atoms with E-state index in [-0.39, 0.29) is 28.1 Å². The van der Waals surface area contributed by atoms with Crippen LogP contribution in [0.2, 0.25) is 0 Å². The van der Waals surface area contributed by atoms with Crippen LogP contribution >= 0.6 is 11.3 Å². The van der Waals surface area contributed by atoms with Crippen LogP contribution in [0.5, 0.6) is 0 Å². The van der Waals surface area contributed by atoms with Crippen molar-refractivity contribution in [1.82, 2.24) is 14.8 Å². The van der Waals surface area contributed by atoms with Crippen molar-refractivity contribution in [2.75, 3.05) is 7.11 Å². The van der Waals surface area contributed by atoms with Gasteiger partial charge in [0.1, 0.15) is 5.82 Å². The molecule has 0 amide bonds. The molecule has 6 rings (SSSR count). The Morgan fingerprint density at radius 1 is 1.07 bits per heavy atom. The number of alkyl halides is 3. The predicted molar refractivity (Wildman–Crippen MR) is 164 cm³/mol. The summed E-state index contributed by atoms with van der Waals surface area (Å²) in [5.41, 5.74) is 2.27. The number of carboxylic acids is 1. The monoisotopic (exact) mass is 673 g/mol. The number of halogens is 5. The number of hydrogen-bond acceptors (Lipinski definition) is 6. The molecule has 1 aliphatic carbocycles. The maximum atomic E-state index is 15.2. The van der Waals surface area contributed by atoms with Gasteiger partial charge in [-0.25, -0.2) is 23.2 Å². The summed E-state index contributed by atoms with van der Waals surface area (Å²) >= 11 is -0.139. The summed E-state index contributed by atoms with van der Waals surface area (Å²) in [7, 11) is 1.39. The lowest BCUT2D eigenvalue weighted by molar-refractivity contribution is -0.137. The van der Waals surface area contributed by atoms with Crippen LogP contribution in [0.1, 0.15) is 45.7 Å². The largest absolute Gasteiger partial charge is 0.476 e. The van der Waals surface area contributed by atoms with Crippen LogP contribution < -0.4 is 5.14 Å². The number of aromatic carboxylic acids is 1. The smallest absolute Gasteiger partial charge is 0.416 e. The summed E-state index contributed by atoms with van der Waals surface area (Å²) in [4.78, 5) is 16.1. The molecule has 1 saturated carbocycles. The third-order valence-corrected chi connectivity index (χ3v) is 9.64. The van der Waals surface area contributed by atoms with Crippen molar-refractivity contribution >= 4 is 28.7 Å². The minimum Gasteiger partial charge on any atom is -0.476 e. The number of nitrogens with two attached hydrogens (primary N) is 1. The second-order valence-corrected chi connectivity index (χ2v) is 13.0. The first kappa shape index (κ1) is 31.9. The molecule has 3 N–H and O–H groups in total. The number of nitrogens with zero attached hydrogens (tertiary/aromatic N) is 3. The molecule has 5 aromatic rings. The molecule has 1 unspecified atom stereocenters. The van der Waals surface area contributed by atoms with Crippen LogP contribution in [0.15, 0.2) is 70.9 Å². The molecule has 14 heteroatoms. The van der Waals surface area contributed by atoms with Gasteiger partial charge in [-0.1, -0.05) is 18.2 Å². The fraction of sp³-hybridized carbons (Fsp3) is 0.219. The van der Waals surface area contributed by atoms with E-state index in [1.54, 1.807) is 16.8 Å². The second-order valence-electron chi connectivity index (χ2n) is 10.8. The Morgan fingerprint density at radius 2 is 1.78 bits per heavy atom. The van der Waals surface area contributed by atoms with Crippen LogP contribution in [0, 0.1) is 17.6 Å². The average Bonchev–Trinajstić information content (AvgIpc) is 3.58. The lowest BCUT2D eigenvalue weighted by Gasteiger charge is -2.11. The summed E-state index contributed by atoms with van der Waals surface area (Å²) in [6.07, 6.45) is -1.75. The van der Waals surface area contributed by atoms with Crippen LogP contribution in [0.4, 0.5) is 22.0 Å². The molecular formula is C32H26F5N4O3S2+. The van der Waals surface area contributed by atoms with E-state index in [0.717, 1.165) is 42.0 Å². The van der Waals surface area contributed by atoms with Crippen LogP contribution in [0.3, 0.4) is 0 Å². The van der Waals surface area contributed by atoms with Crippen molar-refractivity contribution in [2.45, 2.75) is 36.8 Å². The number of carbonyl (C=O) groups is 1. The molecule has 0 bridgehead atoms. The van der Waals surface area contributed by atoms with Crippen molar-refractivity contribution in [3.8, 4) is 27.5 Å². The van der Waals surface area contributed by atoms with Gasteiger partial charge in [0.05, 0.1) is 24.1 Å². The number of aromatic nitrogens is 3. The Bertz CT molecular complexity index is 1920. The Hall–Kier alpha value is -4.11. The first-order valence-electron chi connectivity index (χ1n) is 14.0. The molecule has 1 fully saturated rings. The van der Waals surface area contributed by atoms with Gasteiger partial charge in [-0.2, -0.15) is 22.5 Å². The topological polar surface area (TPSA) is 103 Å². The average molecular weight is 674 g/mol. The maximum absolute atomic E-state index is 15.2. The van der Waals surface area contributed by atoms with Gasteiger partial charge in [0, 0.05) is 34.6 Å². The van der Waals surface area contributed by atoms with Gasteiger partial charge in [-0.15, -0.1) is 16.5 Å². The molecule has 0 radical (unpaired) electrons. The summed E-state index contributed by atoms with van der Waals surface area (Å²) in [5, 5.41) is 22.0. The third kappa shape index (κ3) is 6.56. The molecule has 0 aliphatic heterocycles. The van der Waals surface area contributed by atoms with E-state index < -0.39 is 40.7 Å². The van der Waals surface area contributed by atoms with Crippen molar-refractivity contribution < 1.29 is 36.0 Å². The van der Waals surface area contributed by atoms with E-state index in [9.17, 15) is 23.1 Å². The predicted octanol–water partition coefficient (Wildman–Crippen LogP) is 7.61. The summed E-state index contributed by atoms with van der Waals surface area (Å²) in [6.45, 7) is 0. The SMILES string of the molecule is CO[S+](N)c1ccc(Cc2c(-c3ccc(F)c(-c4ccc(C(F)(F)F)cc4)c3)nn(-c3nc(C(=O)O)cs3)c2CC2CC2)cc1F. The minimum atomic E-state index is -4.54. The first-order valence-corrected chi connectivity index (χ1v) is 16.1. The number of thiazole rings is 1. The van der Waals surface area contributed by atoms with E-state index in [1.807, 2.05) is 0 Å². The summed E-state index contributed by atoms with van der Waals surface area (Å²) in [5.74, 6) is -2.01. The van der Waals surface area contributed by atoms with E-state index in [4.69, 9.17) is 14.4 Å². The Morgan fingerprint density at radius 3 is 2.39 bits per heavy atom. The van der Waals surface area contributed by atoms with Gasteiger partial charge < -0.3 is 5.11 Å². The minimum absolute atomic E-state index is 0.0721. The molecule has 3 aromatic carbocycles. The van der Waals surface area contributed by atoms with Gasteiger partial charge in [0.15, 0.2) is 11.5 Å². The molecule has 2 aromatic heterocycles. The molecule has 0 saturated heterocycles. The van der Waals surface area contributed by atoms with Crippen LogP contribution in [0.25, 0.3) is 27.5 Å². The van der Waals surface area contributed by atoms with Gasteiger partial charge in [-0.3, -0.25) is 0 Å². The molecule has 1 atom stereocenters. The number of rotatable bonds is 10. The van der Waals surface area contributed by atoms with Crippen LogP contribution in [-0.4, -0.2) is 33.0 Å². The van der Waals surface area contributed by atoms with Gasteiger partial charge in [-0.05, 0) is 72.7 Å². The first-order chi connectivity index (χ1) is 21.9. The highest BCUT2D eigenvalue weighted by Gasteiger charge is 2.32. The zero-order valence-corrected chi connectivity index (χ0v) is 25.8. The fourth-order valence-corrected chi connectivity index (χ4v) is 6.58. The van der Waals surface area contributed by atoms with Gasteiger partial charge in [0.2, 0.25) is 10.0 Å². The summed E-state index contributed by atoms with van der Waals surface area (Å²) < 4.78 is 76.5. The third-order valence-electron chi connectivity index (χ3n) is 7.70. The fourth-order valence-electron chi connectivity index (χ4n) is 5.17. The molecule has 0 spiro atoms. The van der Waals surface area contributed by atoms with E-state index in [0.29, 0.717) is 39.9 Å². The lowest BCUT2D eigenvalue weighted by Crippen LogP contribution is -2.17. The highest BCUT2D eigenvalue weighted by Crippen LogP contribution is 2.39. The number of hydrogen-bond donors (Lipinski definition) is 2. The van der Waals surface area contributed by atoms with Crippen molar-refractivity contribution in [3.05, 3.63) is 106 Å².